The maximum atomic E-state index is 13.2. The van der Waals surface area contributed by atoms with E-state index in [0.717, 1.165) is 21.0 Å². The topological polar surface area (TPSA) is 42.4 Å². The van der Waals surface area contributed by atoms with E-state index in [-0.39, 0.29) is 11.9 Å². The minimum Gasteiger partial charge on any atom is -0.486 e. The molecule has 2 aromatic carbocycles. The minimum atomic E-state index is -0.380. The van der Waals surface area contributed by atoms with Crippen LogP contribution in [0.1, 0.15) is 17.5 Å². The number of aliphatic hydroxyl groups is 1. The number of aliphatic hydroxyl groups excluding tert-OH is 1. The number of hydrogen-bond donors (Lipinski definition) is 1. The van der Waals surface area contributed by atoms with E-state index in [1.165, 1.54) is 23.5 Å². The number of rotatable bonds is 5. The summed E-state index contributed by atoms with van der Waals surface area (Å²) in [6.07, 6.45) is 0.215. The van der Waals surface area contributed by atoms with E-state index in [4.69, 9.17) is 4.74 Å². The normalized spacial score (nSPS) is 12.5. The Labute approximate surface area is 132 Å². The monoisotopic (exact) mass is 317 g/mol. The Morgan fingerprint density at radius 2 is 2.14 bits per heavy atom. The Bertz CT molecular complexity index is 785. The third kappa shape index (κ3) is 3.61. The molecule has 0 radical (unpaired) electrons. The average Bonchev–Trinajstić information content (AvgIpc) is 2.87. The first kappa shape index (κ1) is 14.9. The lowest BCUT2D eigenvalue weighted by Gasteiger charge is -2.08. The van der Waals surface area contributed by atoms with E-state index in [2.05, 4.69) is 4.98 Å². The zero-order chi connectivity index (χ0) is 15.5. The van der Waals surface area contributed by atoms with Crippen molar-refractivity contribution in [3.8, 4) is 5.75 Å². The highest BCUT2D eigenvalue weighted by atomic mass is 32.1. The maximum Gasteiger partial charge on any atom is 0.140 e. The molecule has 0 spiro atoms. The van der Waals surface area contributed by atoms with E-state index in [1.807, 2.05) is 24.3 Å². The van der Waals surface area contributed by atoms with Crippen molar-refractivity contribution in [2.75, 3.05) is 0 Å². The van der Waals surface area contributed by atoms with Gasteiger partial charge in [0, 0.05) is 6.07 Å². The number of halogens is 1. The molecule has 0 aliphatic rings. The van der Waals surface area contributed by atoms with Gasteiger partial charge in [0.25, 0.3) is 0 Å². The van der Waals surface area contributed by atoms with Crippen LogP contribution in [-0.4, -0.2) is 16.2 Å². The highest BCUT2D eigenvalue weighted by molar-refractivity contribution is 7.18. The molecule has 22 heavy (non-hydrogen) atoms. The minimum absolute atomic E-state index is 0.281. The lowest BCUT2D eigenvalue weighted by Crippen LogP contribution is -2.04. The van der Waals surface area contributed by atoms with Crippen LogP contribution in [0.25, 0.3) is 10.2 Å². The Morgan fingerprint density at radius 3 is 2.95 bits per heavy atom. The molecule has 0 fully saturated rings. The van der Waals surface area contributed by atoms with Crippen LogP contribution in [0.4, 0.5) is 4.39 Å². The van der Waals surface area contributed by atoms with E-state index < -0.39 is 0 Å². The van der Waals surface area contributed by atoms with Gasteiger partial charge in [-0.05, 0) is 43.2 Å². The molecule has 1 N–H and O–H groups in total. The van der Waals surface area contributed by atoms with E-state index in [1.54, 1.807) is 13.0 Å². The zero-order valence-corrected chi connectivity index (χ0v) is 12.9. The van der Waals surface area contributed by atoms with Gasteiger partial charge in [-0.1, -0.05) is 12.1 Å². The molecule has 3 rings (SSSR count). The molecule has 0 aliphatic carbocycles. The van der Waals surface area contributed by atoms with Crippen molar-refractivity contribution in [3.63, 3.8) is 0 Å². The summed E-state index contributed by atoms with van der Waals surface area (Å²) >= 11 is 1.50. The van der Waals surface area contributed by atoms with Crippen LogP contribution in [-0.2, 0) is 13.0 Å². The molecule has 0 saturated carbocycles. The van der Waals surface area contributed by atoms with Crippen molar-refractivity contribution in [2.45, 2.75) is 26.1 Å². The van der Waals surface area contributed by atoms with Crippen LogP contribution < -0.4 is 4.74 Å². The van der Waals surface area contributed by atoms with E-state index in [0.29, 0.717) is 18.5 Å². The van der Waals surface area contributed by atoms with Gasteiger partial charge in [-0.3, -0.25) is 0 Å². The van der Waals surface area contributed by atoms with Gasteiger partial charge in [-0.15, -0.1) is 11.3 Å². The molecule has 1 heterocycles. The van der Waals surface area contributed by atoms with Crippen molar-refractivity contribution in [1.29, 1.82) is 0 Å². The van der Waals surface area contributed by atoms with Crippen LogP contribution in [0, 0.1) is 5.82 Å². The Hall–Kier alpha value is -1.98. The van der Waals surface area contributed by atoms with Gasteiger partial charge in [-0.25, -0.2) is 9.37 Å². The Kier molecular flexibility index (Phi) is 4.36. The zero-order valence-electron chi connectivity index (χ0n) is 12.1. The number of nitrogens with zero attached hydrogens (tertiary/aromatic N) is 1. The molecule has 3 nitrogen and oxygen atoms in total. The second kappa shape index (κ2) is 6.42. The summed E-state index contributed by atoms with van der Waals surface area (Å²) in [6, 6.07) is 12.2. The number of hydrogen-bond acceptors (Lipinski definition) is 4. The summed E-state index contributed by atoms with van der Waals surface area (Å²) in [5, 5.41) is 10.2. The summed E-state index contributed by atoms with van der Waals surface area (Å²) < 4.78 is 19.9. The van der Waals surface area contributed by atoms with Gasteiger partial charge >= 0.3 is 0 Å². The number of aromatic nitrogens is 1. The van der Waals surface area contributed by atoms with Gasteiger partial charge in [0.05, 0.1) is 16.3 Å². The molecule has 0 amide bonds. The van der Waals surface area contributed by atoms with Crippen molar-refractivity contribution in [3.05, 3.63) is 58.9 Å². The van der Waals surface area contributed by atoms with E-state index >= 15 is 0 Å². The predicted octanol–water partition coefficient (Wildman–Crippen LogP) is 3.94. The van der Waals surface area contributed by atoms with Crippen molar-refractivity contribution < 1.29 is 14.2 Å². The number of benzene rings is 2. The average molecular weight is 317 g/mol. The lowest BCUT2D eigenvalue weighted by molar-refractivity contribution is 0.195. The largest absolute Gasteiger partial charge is 0.486 e. The lowest BCUT2D eigenvalue weighted by atomic mass is 10.1. The molecule has 1 aromatic heterocycles. The number of thiazole rings is 1. The second-order valence-electron chi connectivity index (χ2n) is 5.21. The first-order valence-corrected chi connectivity index (χ1v) is 7.86. The summed E-state index contributed by atoms with van der Waals surface area (Å²) in [7, 11) is 0. The third-order valence-corrected chi connectivity index (χ3v) is 4.20. The fraction of sp³-hybridized carbons (Fsp3) is 0.235. The molecular formula is C17H16FNO2S. The first-order valence-electron chi connectivity index (χ1n) is 7.05. The first-order chi connectivity index (χ1) is 10.6. The fourth-order valence-corrected chi connectivity index (χ4v) is 3.12. The highest BCUT2D eigenvalue weighted by Crippen LogP contribution is 2.24. The Balaban J connectivity index is 1.70. The van der Waals surface area contributed by atoms with Gasteiger partial charge < -0.3 is 9.84 Å². The van der Waals surface area contributed by atoms with Crippen LogP contribution in [0.5, 0.6) is 5.75 Å². The Morgan fingerprint density at radius 1 is 1.27 bits per heavy atom. The second-order valence-corrected chi connectivity index (χ2v) is 6.32. The predicted molar refractivity (Wildman–Crippen MR) is 85.7 cm³/mol. The van der Waals surface area contributed by atoms with Crippen LogP contribution in [0.2, 0.25) is 0 Å². The molecule has 0 aliphatic heterocycles. The number of ether oxygens (including phenoxy) is 1. The standard InChI is InChI=1S/C17H16FNO2S/c1-11(20)7-12-3-2-4-14(8-12)21-10-17-19-15-9-13(18)5-6-16(15)22-17/h2-6,8-9,11,20H,7,10H2,1H3. The molecule has 114 valence electrons. The van der Waals surface area contributed by atoms with Gasteiger partial charge in [0.1, 0.15) is 23.2 Å². The van der Waals surface area contributed by atoms with Crippen molar-refractivity contribution >= 4 is 21.6 Å². The van der Waals surface area contributed by atoms with E-state index in [9.17, 15) is 9.50 Å². The third-order valence-electron chi connectivity index (χ3n) is 3.19. The highest BCUT2D eigenvalue weighted by Gasteiger charge is 2.06. The summed E-state index contributed by atoms with van der Waals surface area (Å²) in [5.74, 6) is 0.458. The summed E-state index contributed by atoms with van der Waals surface area (Å²) in [4.78, 5) is 4.37. The maximum absolute atomic E-state index is 13.2. The summed E-state index contributed by atoms with van der Waals surface area (Å²) in [5.41, 5.74) is 1.69. The van der Waals surface area contributed by atoms with Gasteiger partial charge in [0.2, 0.25) is 0 Å². The fourth-order valence-electron chi connectivity index (χ4n) is 2.26. The van der Waals surface area contributed by atoms with Gasteiger partial charge in [0.15, 0.2) is 0 Å². The SMILES string of the molecule is CC(O)Cc1cccc(OCc2nc3cc(F)ccc3s2)c1. The molecule has 0 saturated heterocycles. The number of fused-ring (bicyclic) bond motifs is 1. The van der Waals surface area contributed by atoms with Crippen LogP contribution >= 0.6 is 11.3 Å². The van der Waals surface area contributed by atoms with Crippen LogP contribution in [0.3, 0.4) is 0 Å². The van der Waals surface area contributed by atoms with Gasteiger partial charge in [-0.2, -0.15) is 0 Å². The molecule has 1 unspecified atom stereocenters. The van der Waals surface area contributed by atoms with Crippen molar-refractivity contribution in [1.82, 2.24) is 4.98 Å². The van der Waals surface area contributed by atoms with Crippen LogP contribution in [0.15, 0.2) is 42.5 Å². The molecule has 3 aromatic rings. The molecule has 1 atom stereocenters. The molecule has 5 heteroatoms. The smallest absolute Gasteiger partial charge is 0.140 e. The molecular weight excluding hydrogens is 301 g/mol. The summed E-state index contributed by atoms with van der Waals surface area (Å²) in [6.45, 7) is 2.10. The quantitative estimate of drug-likeness (QED) is 0.775. The van der Waals surface area contributed by atoms with Crippen molar-refractivity contribution in [2.24, 2.45) is 0 Å². The molecule has 0 bridgehead atoms.